The average Bonchev–Trinajstić information content (AvgIpc) is 3.02. The van der Waals surface area contributed by atoms with Gasteiger partial charge in [0.2, 0.25) is 0 Å². The summed E-state index contributed by atoms with van der Waals surface area (Å²) in [6.45, 7) is 2.36. The summed E-state index contributed by atoms with van der Waals surface area (Å²) in [5.41, 5.74) is 8.11. The van der Waals surface area contributed by atoms with Gasteiger partial charge in [-0.05, 0) is 78.3 Å². The van der Waals surface area contributed by atoms with E-state index in [-0.39, 0.29) is 5.78 Å². The van der Waals surface area contributed by atoms with Crippen molar-refractivity contribution in [2.24, 2.45) is 0 Å². The van der Waals surface area contributed by atoms with Crippen molar-refractivity contribution in [2.75, 3.05) is 32.2 Å². The minimum Gasteiger partial charge on any atom is -0.493 e. The summed E-state index contributed by atoms with van der Waals surface area (Å²) in [6.07, 6.45) is 7.45. The van der Waals surface area contributed by atoms with Crippen LogP contribution in [0.3, 0.4) is 0 Å². The zero-order valence-corrected chi connectivity index (χ0v) is 16.5. The molecule has 4 nitrogen and oxygen atoms in total. The summed E-state index contributed by atoms with van der Waals surface area (Å²) in [6, 6.07) is 8.33. The van der Waals surface area contributed by atoms with Crippen LogP contribution in [0.15, 0.2) is 29.8 Å². The Balaban J connectivity index is 1.53. The van der Waals surface area contributed by atoms with E-state index in [2.05, 4.69) is 23.1 Å². The molecule has 0 saturated heterocycles. The first-order chi connectivity index (χ1) is 13.7. The minimum absolute atomic E-state index is 0.101. The number of carbonyl (C=O) groups excluding carboxylic acids is 1. The fourth-order valence-corrected chi connectivity index (χ4v) is 4.97. The van der Waals surface area contributed by atoms with Crippen molar-refractivity contribution in [1.29, 1.82) is 0 Å². The molecule has 0 bridgehead atoms. The lowest BCUT2D eigenvalue weighted by molar-refractivity contribution is 0.104. The highest BCUT2D eigenvalue weighted by molar-refractivity contribution is 6.16. The minimum atomic E-state index is 0.101. The molecule has 2 aliphatic heterocycles. The molecule has 0 aromatic heterocycles. The van der Waals surface area contributed by atoms with E-state index in [1.54, 1.807) is 14.2 Å². The highest BCUT2D eigenvalue weighted by atomic mass is 16.5. The molecule has 2 aromatic rings. The van der Waals surface area contributed by atoms with E-state index < -0.39 is 0 Å². The van der Waals surface area contributed by atoms with E-state index in [4.69, 9.17) is 9.47 Å². The van der Waals surface area contributed by atoms with Crippen LogP contribution in [-0.2, 0) is 19.3 Å². The topological polar surface area (TPSA) is 38.8 Å². The standard InChI is InChI=1S/C24H25NO3/c1-27-21-13-18-12-19(24(26)20(18)14-22(21)28-2)11-15-9-16-5-3-7-25-8-4-6-17(10-15)23(16)25/h9-11,13-14H,3-8,12H2,1-2H3/b19-11+. The van der Waals surface area contributed by atoms with Crippen LogP contribution in [-0.4, -0.2) is 33.1 Å². The molecule has 0 amide bonds. The summed E-state index contributed by atoms with van der Waals surface area (Å²) >= 11 is 0. The highest BCUT2D eigenvalue weighted by Crippen LogP contribution is 2.39. The van der Waals surface area contributed by atoms with Gasteiger partial charge in [0.25, 0.3) is 0 Å². The first-order valence-electron chi connectivity index (χ1n) is 10.1. The summed E-state index contributed by atoms with van der Waals surface area (Å²) in [7, 11) is 3.22. The van der Waals surface area contributed by atoms with E-state index in [9.17, 15) is 4.79 Å². The largest absolute Gasteiger partial charge is 0.493 e. The van der Waals surface area contributed by atoms with Gasteiger partial charge in [-0.2, -0.15) is 0 Å². The molecule has 0 fully saturated rings. The van der Waals surface area contributed by atoms with Crippen LogP contribution >= 0.6 is 0 Å². The van der Waals surface area contributed by atoms with Gasteiger partial charge >= 0.3 is 0 Å². The number of carbonyl (C=O) groups is 1. The van der Waals surface area contributed by atoms with Crippen molar-refractivity contribution in [1.82, 2.24) is 0 Å². The van der Waals surface area contributed by atoms with E-state index in [1.807, 2.05) is 12.1 Å². The Labute approximate surface area is 165 Å². The number of nitrogens with zero attached hydrogens (tertiary/aromatic N) is 1. The first-order valence-corrected chi connectivity index (χ1v) is 10.1. The molecule has 144 valence electrons. The van der Waals surface area contributed by atoms with Crippen molar-refractivity contribution >= 4 is 17.5 Å². The van der Waals surface area contributed by atoms with Crippen LogP contribution in [0.5, 0.6) is 11.5 Å². The SMILES string of the molecule is COc1cc2c(cc1OC)C(=O)/C(=C/c1cc3c4c(c1)CCCN4CCC3)C2. The lowest BCUT2D eigenvalue weighted by Gasteiger charge is -2.37. The van der Waals surface area contributed by atoms with Crippen molar-refractivity contribution in [3.05, 3.63) is 57.7 Å². The van der Waals surface area contributed by atoms with Gasteiger partial charge in [0, 0.05) is 36.3 Å². The number of anilines is 1. The summed E-state index contributed by atoms with van der Waals surface area (Å²) in [4.78, 5) is 15.5. The molecule has 0 radical (unpaired) electrons. The maximum atomic E-state index is 13.0. The Bertz CT molecular complexity index is 974. The molecule has 0 saturated carbocycles. The number of fused-ring (bicyclic) bond motifs is 1. The Kier molecular flexibility index (Phi) is 4.15. The third kappa shape index (κ3) is 2.70. The van der Waals surface area contributed by atoms with Gasteiger partial charge < -0.3 is 14.4 Å². The van der Waals surface area contributed by atoms with Gasteiger partial charge in [-0.25, -0.2) is 0 Å². The fourth-order valence-electron chi connectivity index (χ4n) is 4.97. The van der Waals surface area contributed by atoms with Crippen molar-refractivity contribution in [3.8, 4) is 11.5 Å². The molecule has 0 spiro atoms. The number of hydrogen-bond donors (Lipinski definition) is 0. The Hall–Kier alpha value is -2.75. The molecule has 0 N–H and O–H groups in total. The lowest BCUT2D eigenvalue weighted by atomic mass is 9.89. The van der Waals surface area contributed by atoms with E-state index in [0.29, 0.717) is 17.9 Å². The molecular formula is C24H25NO3. The van der Waals surface area contributed by atoms with Crippen molar-refractivity contribution in [3.63, 3.8) is 0 Å². The van der Waals surface area contributed by atoms with Crippen LogP contribution in [0.4, 0.5) is 5.69 Å². The highest BCUT2D eigenvalue weighted by Gasteiger charge is 2.28. The first kappa shape index (κ1) is 17.4. The Morgan fingerprint density at radius 2 is 1.54 bits per heavy atom. The number of benzene rings is 2. The van der Waals surface area contributed by atoms with Gasteiger partial charge in [0.15, 0.2) is 17.3 Å². The van der Waals surface area contributed by atoms with Gasteiger partial charge in [-0.15, -0.1) is 0 Å². The van der Waals surface area contributed by atoms with Gasteiger partial charge in [0.1, 0.15) is 0 Å². The second kappa shape index (κ2) is 6.69. The summed E-state index contributed by atoms with van der Waals surface area (Å²) in [5.74, 6) is 1.38. The fraction of sp³-hybridized carbons (Fsp3) is 0.375. The molecule has 3 aliphatic rings. The van der Waals surface area contributed by atoms with Crippen molar-refractivity contribution < 1.29 is 14.3 Å². The molecule has 2 heterocycles. The number of rotatable bonds is 3. The van der Waals surface area contributed by atoms with E-state index in [1.165, 1.54) is 42.7 Å². The smallest absolute Gasteiger partial charge is 0.189 e. The number of ketones is 1. The number of hydrogen-bond acceptors (Lipinski definition) is 4. The number of aryl methyl sites for hydroxylation is 2. The van der Waals surface area contributed by atoms with Crippen LogP contribution in [0, 0.1) is 0 Å². The number of methoxy groups -OCH3 is 2. The van der Waals surface area contributed by atoms with E-state index >= 15 is 0 Å². The molecule has 28 heavy (non-hydrogen) atoms. The third-order valence-corrected chi connectivity index (χ3v) is 6.22. The maximum absolute atomic E-state index is 13.0. The quantitative estimate of drug-likeness (QED) is 0.753. The van der Waals surface area contributed by atoms with Crippen LogP contribution < -0.4 is 14.4 Å². The molecule has 5 rings (SSSR count). The zero-order chi connectivity index (χ0) is 19.3. The predicted octanol–water partition coefficient (Wildman–Crippen LogP) is 4.23. The van der Waals surface area contributed by atoms with Crippen LogP contribution in [0.25, 0.3) is 6.08 Å². The average molecular weight is 375 g/mol. The third-order valence-electron chi connectivity index (χ3n) is 6.22. The summed E-state index contributed by atoms with van der Waals surface area (Å²) in [5, 5.41) is 0. The molecule has 4 heteroatoms. The Morgan fingerprint density at radius 1 is 0.893 bits per heavy atom. The second-order valence-corrected chi connectivity index (χ2v) is 7.92. The lowest BCUT2D eigenvalue weighted by Crippen LogP contribution is -2.34. The summed E-state index contributed by atoms with van der Waals surface area (Å²) < 4.78 is 10.8. The molecule has 1 aliphatic carbocycles. The number of Topliss-reactive ketones (excluding diaryl/α,β-unsaturated/α-hetero) is 1. The van der Waals surface area contributed by atoms with Crippen LogP contribution in [0.1, 0.15) is 45.5 Å². The van der Waals surface area contributed by atoms with E-state index in [0.717, 1.165) is 35.1 Å². The monoisotopic (exact) mass is 375 g/mol. The Morgan fingerprint density at radius 3 is 2.18 bits per heavy atom. The maximum Gasteiger partial charge on any atom is 0.189 e. The number of ether oxygens (including phenoxy) is 2. The van der Waals surface area contributed by atoms with Gasteiger partial charge in [-0.1, -0.05) is 0 Å². The molecule has 2 aromatic carbocycles. The molecule has 0 unspecified atom stereocenters. The van der Waals surface area contributed by atoms with Crippen LogP contribution in [0.2, 0.25) is 0 Å². The molecular weight excluding hydrogens is 350 g/mol. The van der Waals surface area contributed by atoms with Gasteiger partial charge in [0.05, 0.1) is 14.2 Å². The normalized spacial score (nSPS) is 18.9. The molecule has 0 atom stereocenters. The van der Waals surface area contributed by atoms with Crippen molar-refractivity contribution in [2.45, 2.75) is 32.1 Å². The predicted molar refractivity (Wildman–Crippen MR) is 111 cm³/mol. The van der Waals surface area contributed by atoms with Gasteiger partial charge in [-0.3, -0.25) is 4.79 Å². The number of allylic oxidation sites excluding steroid dienone is 1. The second-order valence-electron chi connectivity index (χ2n) is 7.92. The zero-order valence-electron chi connectivity index (χ0n) is 16.5.